The van der Waals surface area contributed by atoms with Gasteiger partial charge >= 0.3 is 0 Å². The van der Waals surface area contributed by atoms with Gasteiger partial charge in [0.15, 0.2) is 5.82 Å². The Morgan fingerprint density at radius 1 is 1.26 bits per heavy atom. The van der Waals surface area contributed by atoms with Gasteiger partial charge in [-0.1, -0.05) is 5.21 Å². The molecule has 0 fully saturated rings. The average molecular weight is 277 g/mol. The second-order valence-corrected chi connectivity index (χ2v) is 3.95. The molecular weight excluding hydrogens is 268 g/mol. The molecule has 0 aliphatic heterocycles. The van der Waals surface area contributed by atoms with Crippen LogP contribution in [-0.2, 0) is 6.54 Å². The van der Waals surface area contributed by atoms with Gasteiger partial charge in [0.2, 0.25) is 5.28 Å². The Hall–Kier alpha value is -2.35. The highest BCUT2D eigenvalue weighted by molar-refractivity contribution is 6.28. The Kier molecular flexibility index (Phi) is 2.92. The van der Waals surface area contributed by atoms with E-state index in [9.17, 15) is 0 Å². The first-order chi connectivity index (χ1) is 9.28. The minimum absolute atomic E-state index is 0.0966. The fourth-order valence-electron chi connectivity index (χ4n) is 1.61. The largest absolute Gasteiger partial charge is 0.255 e. The predicted molar refractivity (Wildman–Crippen MR) is 66.6 cm³/mol. The van der Waals surface area contributed by atoms with Crippen LogP contribution in [0.4, 0.5) is 0 Å². The first-order valence-corrected chi connectivity index (χ1v) is 5.96. The Balaban J connectivity index is 2.13. The van der Waals surface area contributed by atoms with E-state index in [1.165, 1.54) is 4.68 Å². The molecule has 0 saturated carbocycles. The maximum atomic E-state index is 5.93. The first-order valence-electron chi connectivity index (χ1n) is 5.58. The Bertz CT molecular complexity index is 689. The molecule has 0 N–H and O–H groups in total. The lowest BCUT2D eigenvalue weighted by atomic mass is 10.4. The normalized spacial score (nSPS) is 10.8. The topological polar surface area (TPSA) is 87.2 Å². The number of hydrogen-bond acceptors (Lipinski definition) is 6. The molecule has 8 nitrogen and oxygen atoms in total. The van der Waals surface area contributed by atoms with E-state index in [-0.39, 0.29) is 5.28 Å². The summed E-state index contributed by atoms with van der Waals surface area (Å²) in [7, 11) is 0. The highest BCUT2D eigenvalue weighted by Crippen LogP contribution is 2.16. The van der Waals surface area contributed by atoms with Gasteiger partial charge in [0, 0.05) is 18.9 Å². The van der Waals surface area contributed by atoms with Gasteiger partial charge in [-0.2, -0.15) is 20.1 Å². The van der Waals surface area contributed by atoms with E-state index in [0.717, 1.165) is 0 Å². The van der Waals surface area contributed by atoms with E-state index in [1.54, 1.807) is 29.3 Å². The van der Waals surface area contributed by atoms with Gasteiger partial charge in [-0.05, 0) is 24.6 Å². The third kappa shape index (κ3) is 2.17. The van der Waals surface area contributed by atoms with Crippen LogP contribution in [0.1, 0.15) is 6.92 Å². The maximum absolute atomic E-state index is 5.93. The summed E-state index contributed by atoms with van der Waals surface area (Å²) in [5.74, 6) is 0.765. The van der Waals surface area contributed by atoms with E-state index in [2.05, 4.69) is 30.4 Å². The van der Waals surface area contributed by atoms with Crippen LogP contribution in [0.15, 0.2) is 24.7 Å². The minimum atomic E-state index is 0.0966. The van der Waals surface area contributed by atoms with Crippen LogP contribution >= 0.6 is 11.6 Å². The smallest absolute Gasteiger partial charge is 0.242 e. The summed E-state index contributed by atoms with van der Waals surface area (Å²) in [5, 5.41) is 11.9. The number of aromatic nitrogens is 8. The van der Waals surface area contributed by atoms with Gasteiger partial charge in [-0.3, -0.25) is 0 Å². The molecule has 0 amide bonds. The third-order valence-corrected chi connectivity index (χ3v) is 2.62. The van der Waals surface area contributed by atoms with E-state index < -0.39 is 0 Å². The summed E-state index contributed by atoms with van der Waals surface area (Å²) in [5.41, 5.74) is 0.681. The lowest BCUT2D eigenvalue weighted by Crippen LogP contribution is -2.07. The van der Waals surface area contributed by atoms with E-state index >= 15 is 0 Å². The third-order valence-electron chi connectivity index (χ3n) is 2.45. The fourth-order valence-corrected chi connectivity index (χ4v) is 1.76. The molecule has 0 aliphatic rings. The van der Waals surface area contributed by atoms with Crippen LogP contribution in [0.25, 0.3) is 17.5 Å². The molecule has 3 aromatic heterocycles. The van der Waals surface area contributed by atoms with Crippen molar-refractivity contribution in [3.05, 3.63) is 29.9 Å². The van der Waals surface area contributed by atoms with Crippen LogP contribution < -0.4 is 0 Å². The number of rotatable bonds is 3. The lowest BCUT2D eigenvalue weighted by Gasteiger charge is -2.04. The van der Waals surface area contributed by atoms with Crippen LogP contribution in [0.3, 0.4) is 0 Å². The average Bonchev–Trinajstić information content (AvgIpc) is 3.09. The molecule has 0 bridgehead atoms. The standard InChI is InChI=1S/C10H9ClN8/c1-2-18-7(6-12-17-18)8-14-9(11)16-10(15-8)19-5-3-4-13-19/h3-6H,2H2,1H3. The van der Waals surface area contributed by atoms with Crippen LogP contribution in [0, 0.1) is 0 Å². The van der Waals surface area contributed by atoms with Gasteiger partial charge in [-0.15, -0.1) is 5.10 Å². The summed E-state index contributed by atoms with van der Waals surface area (Å²) in [6, 6.07) is 1.77. The Morgan fingerprint density at radius 3 is 2.89 bits per heavy atom. The van der Waals surface area contributed by atoms with Crippen molar-refractivity contribution in [1.82, 2.24) is 39.7 Å². The van der Waals surface area contributed by atoms with Crippen LogP contribution in [-0.4, -0.2) is 39.7 Å². The molecule has 0 radical (unpaired) electrons. The summed E-state index contributed by atoms with van der Waals surface area (Å²) in [6.07, 6.45) is 4.95. The van der Waals surface area contributed by atoms with Gasteiger partial charge in [0.1, 0.15) is 5.69 Å². The van der Waals surface area contributed by atoms with Crippen molar-refractivity contribution >= 4 is 11.6 Å². The highest BCUT2D eigenvalue weighted by atomic mass is 35.5. The quantitative estimate of drug-likeness (QED) is 0.709. The van der Waals surface area contributed by atoms with Crippen molar-refractivity contribution in [2.75, 3.05) is 0 Å². The Morgan fingerprint density at radius 2 is 2.16 bits per heavy atom. The zero-order valence-electron chi connectivity index (χ0n) is 9.97. The van der Waals surface area contributed by atoms with E-state index in [0.29, 0.717) is 24.0 Å². The minimum Gasteiger partial charge on any atom is -0.242 e. The summed E-state index contributed by atoms with van der Waals surface area (Å²) in [4.78, 5) is 12.5. The van der Waals surface area contributed by atoms with Crippen molar-refractivity contribution in [2.24, 2.45) is 0 Å². The monoisotopic (exact) mass is 276 g/mol. The molecule has 19 heavy (non-hydrogen) atoms. The van der Waals surface area contributed by atoms with E-state index in [4.69, 9.17) is 11.6 Å². The summed E-state index contributed by atoms with van der Waals surface area (Å²) in [6.45, 7) is 2.62. The highest BCUT2D eigenvalue weighted by Gasteiger charge is 2.13. The number of aryl methyl sites for hydroxylation is 1. The first kappa shape index (κ1) is 11.7. The lowest BCUT2D eigenvalue weighted by molar-refractivity contribution is 0.629. The molecule has 3 aromatic rings. The molecule has 96 valence electrons. The number of nitrogens with zero attached hydrogens (tertiary/aromatic N) is 8. The van der Waals surface area contributed by atoms with Gasteiger partial charge in [-0.25, -0.2) is 9.36 Å². The second-order valence-electron chi connectivity index (χ2n) is 3.61. The molecule has 3 rings (SSSR count). The molecule has 0 aliphatic carbocycles. The number of halogens is 1. The van der Waals surface area contributed by atoms with Crippen molar-refractivity contribution < 1.29 is 0 Å². The fraction of sp³-hybridized carbons (Fsp3) is 0.200. The van der Waals surface area contributed by atoms with Crippen molar-refractivity contribution in [2.45, 2.75) is 13.5 Å². The molecule has 0 atom stereocenters. The zero-order valence-corrected chi connectivity index (χ0v) is 10.7. The Labute approximate surface area is 113 Å². The van der Waals surface area contributed by atoms with Gasteiger partial charge in [0.25, 0.3) is 5.95 Å². The molecular formula is C10H9ClN8. The van der Waals surface area contributed by atoms with Gasteiger partial charge in [0.05, 0.1) is 6.20 Å². The zero-order chi connectivity index (χ0) is 13.2. The summed E-state index contributed by atoms with van der Waals surface area (Å²) >= 11 is 5.93. The summed E-state index contributed by atoms with van der Waals surface area (Å²) < 4.78 is 3.19. The molecule has 0 saturated heterocycles. The second kappa shape index (κ2) is 4.73. The van der Waals surface area contributed by atoms with Crippen molar-refractivity contribution in [3.8, 4) is 17.5 Å². The molecule has 0 unspecified atom stereocenters. The maximum Gasteiger partial charge on any atom is 0.255 e. The van der Waals surface area contributed by atoms with Crippen molar-refractivity contribution in [3.63, 3.8) is 0 Å². The van der Waals surface area contributed by atoms with E-state index in [1.807, 2.05) is 6.92 Å². The molecule has 9 heteroatoms. The molecule has 0 aromatic carbocycles. The molecule has 3 heterocycles. The van der Waals surface area contributed by atoms with Crippen molar-refractivity contribution in [1.29, 1.82) is 0 Å². The number of hydrogen-bond donors (Lipinski definition) is 0. The van der Waals surface area contributed by atoms with Crippen LogP contribution in [0.5, 0.6) is 0 Å². The predicted octanol–water partition coefficient (Wildman–Crippen LogP) is 0.989. The van der Waals surface area contributed by atoms with Crippen LogP contribution in [0.2, 0.25) is 5.28 Å². The SMILES string of the molecule is CCn1nncc1-c1nc(Cl)nc(-n2cccn2)n1. The van der Waals surface area contributed by atoms with Gasteiger partial charge < -0.3 is 0 Å². The molecule has 0 spiro atoms.